The van der Waals surface area contributed by atoms with Crippen LogP contribution < -0.4 is 5.32 Å². The fourth-order valence-corrected chi connectivity index (χ4v) is 4.13. The summed E-state index contributed by atoms with van der Waals surface area (Å²) in [5.74, 6) is 0.562. The number of aryl methyl sites for hydroxylation is 1. The highest BCUT2D eigenvalue weighted by molar-refractivity contribution is 7.89. The van der Waals surface area contributed by atoms with Crippen LogP contribution in [-0.2, 0) is 14.8 Å². The minimum Gasteiger partial charge on any atom is -0.360 e. The van der Waals surface area contributed by atoms with Crippen molar-refractivity contribution in [3.8, 4) is 0 Å². The highest BCUT2D eigenvalue weighted by Gasteiger charge is 2.23. The van der Waals surface area contributed by atoms with Gasteiger partial charge in [0, 0.05) is 12.6 Å². The lowest BCUT2D eigenvalue weighted by Gasteiger charge is -2.20. The van der Waals surface area contributed by atoms with E-state index in [9.17, 15) is 13.2 Å². The van der Waals surface area contributed by atoms with Crippen molar-refractivity contribution in [3.05, 3.63) is 11.8 Å². The van der Waals surface area contributed by atoms with Gasteiger partial charge in [-0.05, 0) is 19.8 Å². The predicted octanol–water partition coefficient (Wildman–Crippen LogP) is 3.32. The molecule has 144 valence electrons. The van der Waals surface area contributed by atoms with E-state index in [2.05, 4.69) is 17.4 Å². The molecule has 0 aromatic carbocycles. The number of carbonyl (C=O) groups excluding carboxylic acids is 1. The summed E-state index contributed by atoms with van der Waals surface area (Å²) in [7, 11) is -3.43. The quantitative estimate of drug-likeness (QED) is 0.535. The number of rotatable bonds is 13. The first kappa shape index (κ1) is 21.6. The van der Waals surface area contributed by atoms with Gasteiger partial charge in [-0.25, -0.2) is 8.42 Å². The first-order valence-electron chi connectivity index (χ1n) is 9.10. The molecule has 1 aromatic heterocycles. The van der Waals surface area contributed by atoms with Gasteiger partial charge in [-0.1, -0.05) is 51.1 Å². The summed E-state index contributed by atoms with van der Waals surface area (Å²) in [5.41, 5.74) is 0. The Morgan fingerprint density at radius 3 is 2.44 bits per heavy atom. The average Bonchev–Trinajstić information content (AvgIpc) is 2.95. The van der Waals surface area contributed by atoms with Crippen LogP contribution in [0.4, 0.5) is 5.82 Å². The summed E-state index contributed by atoms with van der Waals surface area (Å²) in [6, 6.07) is 1.59. The number of hydrogen-bond donors (Lipinski definition) is 1. The Balaban J connectivity index is 2.50. The molecule has 0 aliphatic carbocycles. The zero-order chi connectivity index (χ0) is 18.7. The van der Waals surface area contributed by atoms with Crippen LogP contribution in [0.2, 0.25) is 0 Å². The Labute approximate surface area is 151 Å². The van der Waals surface area contributed by atoms with Crippen LogP contribution in [0.15, 0.2) is 10.6 Å². The van der Waals surface area contributed by atoms with Gasteiger partial charge in [-0.15, -0.1) is 0 Å². The normalized spacial score (nSPS) is 11.8. The van der Waals surface area contributed by atoms with Gasteiger partial charge >= 0.3 is 0 Å². The third kappa shape index (κ3) is 8.49. The molecular weight excluding hydrogens is 342 g/mol. The molecular formula is C17H31N3O4S. The first-order chi connectivity index (χ1) is 11.9. The topological polar surface area (TPSA) is 92.5 Å². The van der Waals surface area contributed by atoms with Crippen LogP contribution in [0.3, 0.4) is 0 Å². The van der Waals surface area contributed by atoms with E-state index in [1.807, 2.05) is 6.92 Å². The smallest absolute Gasteiger partial charge is 0.240 e. The summed E-state index contributed by atoms with van der Waals surface area (Å²) in [6.07, 6.45) is 6.77. The van der Waals surface area contributed by atoms with E-state index in [0.29, 0.717) is 31.0 Å². The molecule has 25 heavy (non-hydrogen) atoms. The van der Waals surface area contributed by atoms with Crippen molar-refractivity contribution in [2.24, 2.45) is 0 Å². The SMILES string of the molecule is CCCCCCCCS(=O)(=O)N(CCC)CC(=O)Nc1cc(C)on1. The second-order valence-corrected chi connectivity index (χ2v) is 8.38. The molecule has 1 N–H and O–H groups in total. The zero-order valence-electron chi connectivity index (χ0n) is 15.6. The fraction of sp³-hybridized carbons (Fsp3) is 0.765. The molecule has 0 aliphatic heterocycles. The zero-order valence-corrected chi connectivity index (χ0v) is 16.4. The molecule has 0 saturated carbocycles. The Kier molecular flexibility index (Phi) is 9.74. The maximum absolute atomic E-state index is 12.5. The van der Waals surface area contributed by atoms with E-state index in [0.717, 1.165) is 19.3 Å². The highest BCUT2D eigenvalue weighted by atomic mass is 32.2. The summed E-state index contributed by atoms with van der Waals surface area (Å²) in [4.78, 5) is 12.1. The lowest BCUT2D eigenvalue weighted by molar-refractivity contribution is -0.116. The predicted molar refractivity (Wildman–Crippen MR) is 98.9 cm³/mol. The molecule has 0 bridgehead atoms. The number of hydrogen-bond acceptors (Lipinski definition) is 5. The summed E-state index contributed by atoms with van der Waals surface area (Å²) in [6.45, 7) is 5.91. The largest absolute Gasteiger partial charge is 0.360 e. The van der Waals surface area contributed by atoms with Crippen molar-refractivity contribution in [3.63, 3.8) is 0 Å². The highest BCUT2D eigenvalue weighted by Crippen LogP contribution is 2.11. The maximum atomic E-state index is 12.5. The number of aromatic nitrogens is 1. The van der Waals surface area contributed by atoms with Crippen molar-refractivity contribution < 1.29 is 17.7 Å². The average molecular weight is 374 g/mol. The molecule has 1 aromatic rings. The van der Waals surface area contributed by atoms with E-state index < -0.39 is 15.9 Å². The van der Waals surface area contributed by atoms with Crippen LogP contribution in [0, 0.1) is 6.92 Å². The van der Waals surface area contributed by atoms with Gasteiger partial charge < -0.3 is 9.84 Å². The minimum atomic E-state index is -3.43. The van der Waals surface area contributed by atoms with Gasteiger partial charge in [-0.2, -0.15) is 4.31 Å². The number of nitrogens with zero attached hydrogens (tertiary/aromatic N) is 2. The maximum Gasteiger partial charge on any atom is 0.240 e. The molecule has 0 unspecified atom stereocenters. The molecule has 0 fully saturated rings. The Morgan fingerprint density at radius 1 is 1.16 bits per heavy atom. The van der Waals surface area contributed by atoms with E-state index in [1.54, 1.807) is 13.0 Å². The van der Waals surface area contributed by atoms with E-state index in [1.165, 1.54) is 17.1 Å². The molecule has 7 nitrogen and oxygen atoms in total. The number of sulfonamides is 1. The van der Waals surface area contributed by atoms with Crippen LogP contribution >= 0.6 is 0 Å². The van der Waals surface area contributed by atoms with Gasteiger partial charge in [-0.3, -0.25) is 4.79 Å². The molecule has 8 heteroatoms. The molecule has 0 atom stereocenters. The second-order valence-electron chi connectivity index (χ2n) is 6.29. The Bertz CT molecular complexity index is 613. The van der Waals surface area contributed by atoms with Crippen molar-refractivity contribution in [2.75, 3.05) is 24.2 Å². The van der Waals surface area contributed by atoms with E-state index in [-0.39, 0.29) is 12.3 Å². The molecule has 0 radical (unpaired) electrons. The number of unbranched alkanes of at least 4 members (excludes halogenated alkanes) is 5. The Morgan fingerprint density at radius 2 is 1.84 bits per heavy atom. The van der Waals surface area contributed by atoms with Crippen molar-refractivity contribution in [2.45, 2.75) is 65.7 Å². The molecule has 1 rings (SSSR count). The van der Waals surface area contributed by atoms with Crippen LogP contribution in [0.25, 0.3) is 0 Å². The van der Waals surface area contributed by atoms with Gasteiger partial charge in [0.25, 0.3) is 0 Å². The van der Waals surface area contributed by atoms with Gasteiger partial charge in [0.05, 0.1) is 12.3 Å². The standard InChI is InChI=1S/C17H31N3O4S/c1-4-6-7-8-9-10-12-25(22,23)20(11-5-2)14-17(21)18-16-13-15(3)24-19-16/h13H,4-12,14H2,1-3H3,(H,18,19,21). The molecule has 0 aliphatic rings. The molecule has 1 heterocycles. The summed E-state index contributed by atoms with van der Waals surface area (Å²) >= 11 is 0. The van der Waals surface area contributed by atoms with E-state index in [4.69, 9.17) is 4.52 Å². The van der Waals surface area contributed by atoms with Crippen molar-refractivity contribution in [1.29, 1.82) is 0 Å². The van der Waals surface area contributed by atoms with Gasteiger partial charge in [0.15, 0.2) is 5.82 Å². The Hall–Kier alpha value is -1.41. The van der Waals surface area contributed by atoms with E-state index >= 15 is 0 Å². The number of carbonyl (C=O) groups is 1. The van der Waals surface area contributed by atoms with Crippen LogP contribution in [0.5, 0.6) is 0 Å². The lowest BCUT2D eigenvalue weighted by Crippen LogP contribution is -2.39. The molecule has 0 saturated heterocycles. The lowest BCUT2D eigenvalue weighted by atomic mass is 10.1. The summed E-state index contributed by atoms with van der Waals surface area (Å²) in [5, 5.41) is 6.25. The van der Waals surface area contributed by atoms with Gasteiger partial charge in [0.2, 0.25) is 15.9 Å². The summed E-state index contributed by atoms with van der Waals surface area (Å²) < 4.78 is 31.2. The fourth-order valence-electron chi connectivity index (χ4n) is 2.53. The van der Waals surface area contributed by atoms with Crippen LogP contribution in [0.1, 0.15) is 64.6 Å². The first-order valence-corrected chi connectivity index (χ1v) is 10.7. The third-order valence-corrected chi connectivity index (χ3v) is 5.74. The number of amides is 1. The monoisotopic (exact) mass is 373 g/mol. The van der Waals surface area contributed by atoms with Crippen molar-refractivity contribution >= 4 is 21.7 Å². The number of anilines is 1. The second kappa shape index (κ2) is 11.3. The minimum absolute atomic E-state index is 0.0927. The molecule has 1 amide bonds. The molecule has 0 spiro atoms. The van der Waals surface area contributed by atoms with Gasteiger partial charge in [0.1, 0.15) is 5.76 Å². The van der Waals surface area contributed by atoms with Crippen molar-refractivity contribution in [1.82, 2.24) is 9.46 Å². The third-order valence-electron chi connectivity index (χ3n) is 3.84. The van der Waals surface area contributed by atoms with Crippen LogP contribution in [-0.4, -0.2) is 42.6 Å². The number of nitrogens with one attached hydrogen (secondary N) is 1.